The third-order valence-corrected chi connectivity index (χ3v) is 0. The van der Waals surface area contributed by atoms with Gasteiger partial charge in [-0.3, -0.25) is 0 Å². The van der Waals surface area contributed by atoms with Gasteiger partial charge in [-0.05, 0) is 23.6 Å². The van der Waals surface area contributed by atoms with Gasteiger partial charge in [-0.25, -0.2) is 10.5 Å². The molecule has 0 aliphatic heterocycles. The fourth-order valence-corrected chi connectivity index (χ4v) is 0. The molecule has 0 aromatic carbocycles. The first kappa shape index (κ1) is 16.3. The van der Waals surface area contributed by atoms with Gasteiger partial charge in [0, 0.05) is 22.4 Å². The third kappa shape index (κ3) is 35.8. The van der Waals surface area contributed by atoms with Crippen LogP contribution in [0.2, 0.25) is 0 Å². The van der Waals surface area contributed by atoms with E-state index in [1.54, 1.807) is 0 Å². The predicted octanol–water partition coefficient (Wildman–Crippen LogP) is 0.195. The molecular weight excluding hydrogens is 207 g/mol. The molecule has 5 heavy (non-hydrogen) atoms. The molecule has 39 valence electrons. The minimum absolute atomic E-state index is 0. The first-order valence-electron chi connectivity index (χ1n) is 0.436. The first-order chi connectivity index (χ1) is 2.00. The Bertz CT molecular complexity index is 7.61. The van der Waals surface area contributed by atoms with Gasteiger partial charge in [0.25, 0.3) is 0 Å². The predicted molar refractivity (Wildman–Crippen MR) is 20.1 cm³/mol. The van der Waals surface area contributed by atoms with Crippen molar-refractivity contribution < 1.29 is 22.4 Å². The molecule has 0 bridgehead atoms. The van der Waals surface area contributed by atoms with Crippen LogP contribution in [0.25, 0.3) is 0 Å². The Balaban J connectivity index is -0.0000000133. The quantitative estimate of drug-likeness (QED) is 0.443. The zero-order chi connectivity index (χ0) is 4.00. The first-order valence-corrected chi connectivity index (χ1v) is 1.31. The number of hydrogen-bond acceptors (Lipinski definition) is 2. The second-order valence-electron chi connectivity index (χ2n) is 0. The van der Waals surface area contributed by atoms with E-state index in [2.05, 4.69) is 34.1 Å². The van der Waals surface area contributed by atoms with E-state index in [9.17, 15) is 0 Å². The fraction of sp³-hybridized carbons (Fsp3) is 0. The summed E-state index contributed by atoms with van der Waals surface area (Å²) in [6.07, 6.45) is 0. The van der Waals surface area contributed by atoms with Crippen LogP contribution in [0.4, 0.5) is 0 Å². The molecule has 4 N–H and O–H groups in total. The maximum atomic E-state index is 4.14. The fourth-order valence-electron chi connectivity index (χ4n) is 0. The van der Waals surface area contributed by atoms with E-state index in [0.717, 1.165) is 0 Å². The molecule has 0 amide bonds. The second kappa shape index (κ2) is 61.3. The van der Waals surface area contributed by atoms with Crippen LogP contribution >= 0.6 is 23.6 Å². The zero-order valence-electron chi connectivity index (χ0n) is 2.21. The Hall–Kier alpha value is 1.24. The summed E-state index contributed by atoms with van der Waals surface area (Å²) < 4.78 is 0. The van der Waals surface area contributed by atoms with E-state index in [1.807, 2.05) is 0 Å². The Labute approximate surface area is 56.5 Å². The van der Waals surface area contributed by atoms with Crippen molar-refractivity contribution in [1.29, 1.82) is 0 Å². The van der Waals surface area contributed by atoms with Gasteiger partial charge >= 0.3 is 0 Å². The molecule has 0 aromatic heterocycles. The molecule has 1 radical (unpaired) electrons. The molecule has 0 saturated heterocycles. The Morgan fingerprint density at radius 1 is 0.800 bits per heavy atom. The smallest absolute Gasteiger partial charge is 0 e. The van der Waals surface area contributed by atoms with Crippen LogP contribution in [0.5, 0.6) is 0 Å². The van der Waals surface area contributed by atoms with Crippen LogP contribution in [-0.2, 0) is 22.4 Å². The third-order valence-electron chi connectivity index (χ3n) is 0. The van der Waals surface area contributed by atoms with Crippen LogP contribution in [0, 0.1) is 0 Å². The molecule has 0 atom stereocenters. The van der Waals surface area contributed by atoms with Crippen molar-refractivity contribution in [2.24, 2.45) is 10.5 Å². The van der Waals surface area contributed by atoms with Crippen molar-refractivity contribution >= 4 is 23.6 Å². The molecule has 0 aliphatic rings. The standard InChI is InChI=1S/Ag.2ClH2N/c;2*1-2/h;2*2H2. The van der Waals surface area contributed by atoms with Crippen molar-refractivity contribution in [2.45, 2.75) is 0 Å². The minimum atomic E-state index is 0. The summed E-state index contributed by atoms with van der Waals surface area (Å²) in [6, 6.07) is 0. The van der Waals surface area contributed by atoms with Crippen molar-refractivity contribution in [3.05, 3.63) is 0 Å². The summed E-state index contributed by atoms with van der Waals surface area (Å²) in [5.41, 5.74) is 0. The summed E-state index contributed by atoms with van der Waals surface area (Å²) in [6.45, 7) is 0. The molecule has 0 aromatic rings. The van der Waals surface area contributed by atoms with Gasteiger partial charge in [0.2, 0.25) is 0 Å². The van der Waals surface area contributed by atoms with E-state index < -0.39 is 0 Å². The van der Waals surface area contributed by atoms with Gasteiger partial charge in [-0.2, -0.15) is 0 Å². The maximum absolute atomic E-state index is 4.14. The summed E-state index contributed by atoms with van der Waals surface area (Å²) in [4.78, 5) is 0. The largest absolute Gasteiger partial charge is 0.247 e. The monoisotopic (exact) mass is 209 g/mol. The summed E-state index contributed by atoms with van der Waals surface area (Å²) in [5.74, 6) is 0. The van der Waals surface area contributed by atoms with E-state index in [1.165, 1.54) is 0 Å². The van der Waals surface area contributed by atoms with E-state index in [4.69, 9.17) is 0 Å². The number of hydrogen-bond donors (Lipinski definition) is 2. The second-order valence-corrected chi connectivity index (χ2v) is 0. The van der Waals surface area contributed by atoms with Crippen molar-refractivity contribution in [2.75, 3.05) is 0 Å². The topological polar surface area (TPSA) is 52.0 Å². The molecule has 0 rings (SSSR count). The number of rotatable bonds is 0. The van der Waals surface area contributed by atoms with Crippen molar-refractivity contribution in [1.82, 2.24) is 0 Å². The van der Waals surface area contributed by atoms with Crippen molar-refractivity contribution in [3.63, 3.8) is 0 Å². The molecule has 0 fully saturated rings. The molecule has 0 spiro atoms. The summed E-state index contributed by atoms with van der Waals surface area (Å²) in [5, 5.41) is 7.94. The van der Waals surface area contributed by atoms with E-state index >= 15 is 0 Å². The average Bonchev–Trinajstić information content (AvgIpc) is 1.50. The van der Waals surface area contributed by atoms with Gasteiger partial charge in [-0.1, -0.05) is 0 Å². The Morgan fingerprint density at radius 3 is 0.800 bits per heavy atom. The van der Waals surface area contributed by atoms with Gasteiger partial charge in [-0.15, -0.1) is 0 Å². The maximum Gasteiger partial charge on any atom is 0 e. The van der Waals surface area contributed by atoms with Crippen LogP contribution in [0.1, 0.15) is 0 Å². The van der Waals surface area contributed by atoms with Crippen molar-refractivity contribution in [3.8, 4) is 0 Å². The Morgan fingerprint density at radius 2 is 0.800 bits per heavy atom. The summed E-state index contributed by atoms with van der Waals surface area (Å²) >= 11 is 8.28. The summed E-state index contributed by atoms with van der Waals surface area (Å²) in [7, 11) is 0. The molecule has 0 aliphatic carbocycles. The van der Waals surface area contributed by atoms with Gasteiger partial charge in [0.05, 0.1) is 0 Å². The average molecular weight is 211 g/mol. The number of halogens is 2. The van der Waals surface area contributed by atoms with E-state index in [-0.39, 0.29) is 22.4 Å². The molecular formula is H4AgCl2N2. The number of nitrogens with two attached hydrogens (primary N) is 2. The normalized spacial score (nSPS) is 2.40. The molecule has 0 heterocycles. The molecule has 0 unspecified atom stereocenters. The molecule has 2 nitrogen and oxygen atoms in total. The van der Waals surface area contributed by atoms with Gasteiger partial charge in [0.15, 0.2) is 0 Å². The zero-order valence-corrected chi connectivity index (χ0v) is 5.21. The van der Waals surface area contributed by atoms with Crippen LogP contribution in [0.3, 0.4) is 0 Å². The van der Waals surface area contributed by atoms with Crippen LogP contribution in [-0.4, -0.2) is 0 Å². The molecule has 5 heteroatoms. The van der Waals surface area contributed by atoms with Crippen LogP contribution in [0.15, 0.2) is 0 Å². The molecule has 0 saturated carbocycles. The SMILES string of the molecule is NCl.NCl.[Ag]. The Kier molecular flexibility index (Phi) is 200. The van der Waals surface area contributed by atoms with Crippen LogP contribution < -0.4 is 10.5 Å². The van der Waals surface area contributed by atoms with E-state index in [0.29, 0.717) is 0 Å². The van der Waals surface area contributed by atoms with Gasteiger partial charge < -0.3 is 0 Å². The van der Waals surface area contributed by atoms with Gasteiger partial charge in [0.1, 0.15) is 0 Å². The minimum Gasteiger partial charge on any atom is -0.247 e.